The number of hydrogen-bond acceptors (Lipinski definition) is 4. The molecule has 0 bridgehead atoms. The fourth-order valence-electron chi connectivity index (χ4n) is 1.82. The van der Waals surface area contributed by atoms with Gasteiger partial charge in [0.25, 0.3) is 0 Å². The summed E-state index contributed by atoms with van der Waals surface area (Å²) in [5.41, 5.74) is 8.11. The van der Waals surface area contributed by atoms with E-state index in [0.29, 0.717) is 6.54 Å². The average molecular weight is 261 g/mol. The van der Waals surface area contributed by atoms with Crippen LogP contribution >= 0.6 is 11.3 Å². The fourth-order valence-corrected chi connectivity index (χ4v) is 2.52. The number of nitrogens with one attached hydrogen (secondary N) is 1. The van der Waals surface area contributed by atoms with E-state index in [1.807, 2.05) is 12.3 Å². The van der Waals surface area contributed by atoms with E-state index in [-0.39, 0.29) is 5.41 Å². The van der Waals surface area contributed by atoms with E-state index in [2.05, 4.69) is 49.3 Å². The molecule has 4 heteroatoms. The molecule has 0 atom stereocenters. The number of nitrogens with two attached hydrogens (primary N) is 1. The zero-order chi connectivity index (χ0) is 13.2. The Morgan fingerprint density at radius 2 is 2.00 bits per heavy atom. The molecule has 0 aliphatic rings. The molecule has 2 aromatic rings. The second-order valence-electron chi connectivity index (χ2n) is 5.26. The molecule has 1 aromatic heterocycles. The lowest BCUT2D eigenvalue weighted by Gasteiger charge is -2.22. The molecule has 18 heavy (non-hydrogen) atoms. The number of benzene rings is 1. The van der Waals surface area contributed by atoms with Gasteiger partial charge in [0.15, 0.2) is 5.13 Å². The Labute approximate surface area is 112 Å². The summed E-state index contributed by atoms with van der Waals surface area (Å²) in [5, 5.41) is 4.28. The first-order valence-corrected chi connectivity index (χ1v) is 6.83. The monoisotopic (exact) mass is 261 g/mol. The lowest BCUT2D eigenvalue weighted by molar-refractivity contribution is 0.592. The van der Waals surface area contributed by atoms with E-state index in [9.17, 15) is 0 Å². The van der Waals surface area contributed by atoms with Gasteiger partial charge in [-0.1, -0.05) is 39.0 Å². The van der Waals surface area contributed by atoms with Gasteiger partial charge in [0.05, 0.1) is 0 Å². The first-order valence-electron chi connectivity index (χ1n) is 6.02. The summed E-state index contributed by atoms with van der Waals surface area (Å²) in [6.07, 6.45) is 1.83. The molecule has 0 saturated heterocycles. The van der Waals surface area contributed by atoms with Crippen LogP contribution in [0.15, 0.2) is 30.5 Å². The Balaban J connectivity index is 2.29. The molecule has 1 aromatic carbocycles. The minimum absolute atomic E-state index is 0.109. The Kier molecular flexibility index (Phi) is 3.68. The molecule has 0 fully saturated rings. The minimum atomic E-state index is 0.109. The van der Waals surface area contributed by atoms with Crippen molar-refractivity contribution in [1.82, 2.24) is 4.98 Å². The first kappa shape index (κ1) is 13.1. The summed E-state index contributed by atoms with van der Waals surface area (Å²) in [6, 6.07) is 8.35. The molecule has 0 unspecified atom stereocenters. The molecule has 0 aliphatic carbocycles. The summed E-state index contributed by atoms with van der Waals surface area (Å²) < 4.78 is 0. The van der Waals surface area contributed by atoms with E-state index in [4.69, 9.17) is 5.73 Å². The van der Waals surface area contributed by atoms with Crippen LogP contribution in [-0.2, 0) is 12.0 Å². The predicted octanol–water partition coefficient (Wildman–Crippen LogP) is 3.64. The summed E-state index contributed by atoms with van der Waals surface area (Å²) >= 11 is 1.60. The van der Waals surface area contributed by atoms with Gasteiger partial charge in [-0.15, -0.1) is 11.3 Å². The zero-order valence-electron chi connectivity index (χ0n) is 11.0. The number of para-hydroxylation sites is 1. The van der Waals surface area contributed by atoms with Gasteiger partial charge in [-0.05, 0) is 17.0 Å². The molecule has 0 saturated carbocycles. The van der Waals surface area contributed by atoms with Crippen molar-refractivity contribution < 1.29 is 0 Å². The topological polar surface area (TPSA) is 50.9 Å². The number of aromatic nitrogens is 1. The first-order chi connectivity index (χ1) is 8.50. The van der Waals surface area contributed by atoms with E-state index in [1.54, 1.807) is 11.3 Å². The van der Waals surface area contributed by atoms with Crippen molar-refractivity contribution in [3.63, 3.8) is 0 Å². The van der Waals surface area contributed by atoms with Crippen LogP contribution in [0.1, 0.15) is 31.2 Å². The Morgan fingerprint density at radius 3 is 2.61 bits per heavy atom. The third-order valence-electron chi connectivity index (χ3n) is 2.73. The molecule has 0 amide bonds. The van der Waals surface area contributed by atoms with Crippen LogP contribution in [0.5, 0.6) is 0 Å². The smallest absolute Gasteiger partial charge is 0.187 e. The van der Waals surface area contributed by atoms with Crippen molar-refractivity contribution in [3.05, 3.63) is 40.9 Å². The van der Waals surface area contributed by atoms with Crippen molar-refractivity contribution in [1.29, 1.82) is 0 Å². The Bertz CT molecular complexity index is 526. The highest BCUT2D eigenvalue weighted by Gasteiger charge is 2.17. The van der Waals surface area contributed by atoms with Crippen LogP contribution in [0.3, 0.4) is 0 Å². The molecule has 0 spiro atoms. The second kappa shape index (κ2) is 5.08. The van der Waals surface area contributed by atoms with E-state index in [0.717, 1.165) is 15.7 Å². The molecule has 0 radical (unpaired) electrons. The molecule has 3 nitrogen and oxygen atoms in total. The molecule has 2 rings (SSSR count). The largest absolute Gasteiger partial charge is 0.331 e. The third kappa shape index (κ3) is 2.89. The van der Waals surface area contributed by atoms with Crippen LogP contribution in [0.25, 0.3) is 0 Å². The summed E-state index contributed by atoms with van der Waals surface area (Å²) in [6.45, 7) is 7.17. The summed E-state index contributed by atoms with van der Waals surface area (Å²) in [4.78, 5) is 5.42. The van der Waals surface area contributed by atoms with Crippen LogP contribution in [0.4, 0.5) is 10.8 Å². The standard InChI is InChI=1S/C14H19N3S/c1-14(2,3)11-6-4-5-7-12(11)17-13-16-9-10(8-15)18-13/h4-7,9H,8,15H2,1-3H3,(H,16,17). The molecule has 1 heterocycles. The van der Waals surface area contributed by atoms with E-state index in [1.165, 1.54) is 5.56 Å². The van der Waals surface area contributed by atoms with Gasteiger partial charge in [-0.3, -0.25) is 0 Å². The molecule has 0 aliphatic heterocycles. The van der Waals surface area contributed by atoms with Gasteiger partial charge in [0.2, 0.25) is 0 Å². The maximum absolute atomic E-state index is 5.60. The lowest BCUT2D eigenvalue weighted by atomic mass is 9.86. The highest BCUT2D eigenvalue weighted by Crippen LogP contribution is 2.32. The van der Waals surface area contributed by atoms with Gasteiger partial charge < -0.3 is 11.1 Å². The van der Waals surface area contributed by atoms with Gasteiger partial charge in [0.1, 0.15) is 0 Å². The highest BCUT2D eigenvalue weighted by atomic mass is 32.1. The van der Waals surface area contributed by atoms with Crippen molar-refractivity contribution in [2.45, 2.75) is 32.7 Å². The van der Waals surface area contributed by atoms with Crippen LogP contribution in [0, 0.1) is 0 Å². The average Bonchev–Trinajstić information content (AvgIpc) is 2.76. The Morgan fingerprint density at radius 1 is 1.28 bits per heavy atom. The quantitative estimate of drug-likeness (QED) is 0.886. The third-order valence-corrected chi connectivity index (χ3v) is 3.67. The van der Waals surface area contributed by atoms with Crippen LogP contribution in [-0.4, -0.2) is 4.98 Å². The Hall–Kier alpha value is -1.39. The van der Waals surface area contributed by atoms with Crippen molar-refractivity contribution in [2.24, 2.45) is 5.73 Å². The number of nitrogens with zero attached hydrogens (tertiary/aromatic N) is 1. The number of thiazole rings is 1. The van der Waals surface area contributed by atoms with Gasteiger partial charge in [-0.25, -0.2) is 4.98 Å². The molecular formula is C14H19N3S. The van der Waals surface area contributed by atoms with E-state index >= 15 is 0 Å². The number of anilines is 2. The van der Waals surface area contributed by atoms with Crippen molar-refractivity contribution in [2.75, 3.05) is 5.32 Å². The zero-order valence-corrected chi connectivity index (χ0v) is 11.8. The normalized spacial score (nSPS) is 11.6. The number of hydrogen-bond donors (Lipinski definition) is 2. The van der Waals surface area contributed by atoms with Crippen molar-refractivity contribution in [3.8, 4) is 0 Å². The minimum Gasteiger partial charge on any atom is -0.331 e. The van der Waals surface area contributed by atoms with Crippen molar-refractivity contribution >= 4 is 22.2 Å². The summed E-state index contributed by atoms with van der Waals surface area (Å²) in [5.74, 6) is 0. The van der Waals surface area contributed by atoms with Gasteiger partial charge >= 0.3 is 0 Å². The summed E-state index contributed by atoms with van der Waals surface area (Å²) in [7, 11) is 0. The van der Waals surface area contributed by atoms with Crippen LogP contribution < -0.4 is 11.1 Å². The van der Waals surface area contributed by atoms with Gasteiger partial charge in [-0.2, -0.15) is 0 Å². The number of rotatable bonds is 3. The highest BCUT2D eigenvalue weighted by molar-refractivity contribution is 7.15. The SMILES string of the molecule is CC(C)(C)c1ccccc1Nc1ncc(CN)s1. The van der Waals surface area contributed by atoms with E-state index < -0.39 is 0 Å². The lowest BCUT2D eigenvalue weighted by Crippen LogP contribution is -2.13. The van der Waals surface area contributed by atoms with Gasteiger partial charge in [0, 0.05) is 23.3 Å². The predicted molar refractivity (Wildman–Crippen MR) is 78.4 cm³/mol. The molecule has 3 N–H and O–H groups in total. The molecule has 96 valence electrons. The maximum atomic E-state index is 5.60. The second-order valence-corrected chi connectivity index (χ2v) is 6.37. The van der Waals surface area contributed by atoms with Crippen LogP contribution in [0.2, 0.25) is 0 Å². The fraction of sp³-hybridized carbons (Fsp3) is 0.357. The molecular weight excluding hydrogens is 242 g/mol. The maximum Gasteiger partial charge on any atom is 0.187 e.